The number of hydrogen-bond donors (Lipinski definition) is 0. The molecule has 0 spiro atoms. The van der Waals surface area contributed by atoms with Gasteiger partial charge in [-0.1, -0.05) is 24.9 Å². The fourth-order valence-corrected chi connectivity index (χ4v) is 2.87. The molecule has 7 nitrogen and oxygen atoms in total. The third-order valence-corrected chi connectivity index (χ3v) is 4.28. The second kappa shape index (κ2) is 12.0. The highest BCUT2D eigenvalue weighted by molar-refractivity contribution is 7.33. The summed E-state index contributed by atoms with van der Waals surface area (Å²) in [6.07, 6.45) is 1.92. The van der Waals surface area contributed by atoms with Gasteiger partial charge in [-0.05, 0) is 38.0 Å². The van der Waals surface area contributed by atoms with Crippen molar-refractivity contribution in [2.24, 2.45) is 0 Å². The van der Waals surface area contributed by atoms with Crippen LogP contribution < -0.4 is 9.47 Å². The average Bonchev–Trinajstić information content (AvgIpc) is 2.61. The number of hydrogen-bond acceptors (Lipinski definition) is 7. The van der Waals surface area contributed by atoms with E-state index in [2.05, 4.69) is 25.9 Å². The second-order valence-corrected chi connectivity index (χ2v) is 6.38. The van der Waals surface area contributed by atoms with Crippen molar-refractivity contribution < 1.29 is 23.1 Å². The average molecular weight is 404 g/mol. The second-order valence-electron chi connectivity index (χ2n) is 4.98. The molecule has 0 N–H and O–H groups in total. The number of ether oxygens (including phenoxy) is 2. The summed E-state index contributed by atoms with van der Waals surface area (Å²) in [7, 11) is 1.26. The van der Waals surface area contributed by atoms with E-state index in [-0.39, 0.29) is 0 Å². The maximum atomic E-state index is 10.3. The molecule has 0 saturated carbocycles. The van der Waals surface area contributed by atoms with Gasteiger partial charge in [-0.3, -0.25) is 0 Å². The van der Waals surface area contributed by atoms with E-state index in [0.29, 0.717) is 30.0 Å². The number of fused-ring (bicyclic) bond motifs is 1. The zero-order valence-corrected chi connectivity index (χ0v) is 17.4. The molecular formula is C17H25ClN2O5P+. The minimum absolute atomic E-state index is 0.370. The Morgan fingerprint density at radius 3 is 2.08 bits per heavy atom. The van der Waals surface area contributed by atoms with E-state index >= 15 is 0 Å². The number of aromatic nitrogens is 2. The van der Waals surface area contributed by atoms with Gasteiger partial charge in [0.1, 0.15) is 13.2 Å². The first kappa shape index (κ1) is 22.5. The van der Waals surface area contributed by atoms with E-state index in [1.165, 1.54) is 7.11 Å². The minimum atomic E-state index is -1.83. The van der Waals surface area contributed by atoms with Crippen LogP contribution in [0.1, 0.15) is 32.8 Å². The summed E-state index contributed by atoms with van der Waals surface area (Å²) < 4.78 is 29.8. The monoisotopic (exact) mass is 403 g/mol. The summed E-state index contributed by atoms with van der Waals surface area (Å²) >= 11 is 6.09. The predicted octanol–water partition coefficient (Wildman–Crippen LogP) is 4.97. The summed E-state index contributed by atoms with van der Waals surface area (Å²) in [5.41, 5.74) is 2.62. The third-order valence-electron chi connectivity index (χ3n) is 3.13. The molecule has 0 aliphatic carbocycles. The smallest absolute Gasteiger partial charge is 0.477 e. The Morgan fingerprint density at radius 2 is 1.58 bits per heavy atom. The molecule has 0 bridgehead atoms. The predicted molar refractivity (Wildman–Crippen MR) is 103 cm³/mol. The van der Waals surface area contributed by atoms with Gasteiger partial charge in [0, 0.05) is 9.59 Å². The first-order valence-electron chi connectivity index (χ1n) is 8.31. The molecule has 0 fully saturated rings. The van der Waals surface area contributed by atoms with Crippen LogP contribution in [0.2, 0.25) is 5.02 Å². The van der Waals surface area contributed by atoms with Gasteiger partial charge in [0.2, 0.25) is 0 Å². The molecule has 1 aromatic carbocycles. The van der Waals surface area contributed by atoms with Crippen molar-refractivity contribution >= 4 is 30.9 Å². The number of rotatable bonds is 8. The molecule has 26 heavy (non-hydrogen) atoms. The van der Waals surface area contributed by atoms with Crippen LogP contribution in [0.3, 0.4) is 0 Å². The van der Waals surface area contributed by atoms with E-state index in [0.717, 1.165) is 29.4 Å². The van der Waals surface area contributed by atoms with Crippen molar-refractivity contribution in [1.29, 1.82) is 0 Å². The number of nitrogens with zero attached hydrogens (tertiary/aromatic N) is 2. The van der Waals surface area contributed by atoms with E-state index in [4.69, 9.17) is 21.1 Å². The zero-order valence-electron chi connectivity index (χ0n) is 15.7. The van der Waals surface area contributed by atoms with Crippen molar-refractivity contribution in [2.75, 3.05) is 27.4 Å². The lowest BCUT2D eigenvalue weighted by Gasteiger charge is -2.10. The molecule has 9 heteroatoms. The van der Waals surface area contributed by atoms with Crippen LogP contribution in [-0.4, -0.2) is 37.4 Å². The van der Waals surface area contributed by atoms with E-state index in [1.54, 1.807) is 27.0 Å². The van der Waals surface area contributed by atoms with Gasteiger partial charge >= 0.3 is 8.25 Å². The Balaban J connectivity index is 0.000000359. The molecule has 1 heterocycles. The van der Waals surface area contributed by atoms with Crippen LogP contribution in [0, 0.1) is 0 Å². The normalized spacial score (nSPS) is 10.2. The van der Waals surface area contributed by atoms with Crippen LogP contribution in [0.5, 0.6) is 11.8 Å². The number of halogens is 1. The van der Waals surface area contributed by atoms with E-state index in [1.807, 2.05) is 6.07 Å². The fourth-order valence-electron chi connectivity index (χ4n) is 2.13. The van der Waals surface area contributed by atoms with Gasteiger partial charge in [-0.15, -0.1) is 9.05 Å². The number of methoxy groups -OCH3 is 2. The zero-order chi connectivity index (χ0) is 19.5. The lowest BCUT2D eigenvalue weighted by Crippen LogP contribution is -1.99. The van der Waals surface area contributed by atoms with E-state index < -0.39 is 8.25 Å². The van der Waals surface area contributed by atoms with Gasteiger partial charge in [0.25, 0.3) is 11.8 Å². The van der Waals surface area contributed by atoms with Gasteiger partial charge in [0.05, 0.1) is 25.3 Å². The summed E-state index contributed by atoms with van der Waals surface area (Å²) in [4.78, 5) is 8.83. The Labute approximate surface area is 159 Å². The van der Waals surface area contributed by atoms with Crippen LogP contribution in [0.25, 0.3) is 11.0 Å². The van der Waals surface area contributed by atoms with Gasteiger partial charge in [0.15, 0.2) is 0 Å². The molecule has 0 radical (unpaired) electrons. The number of benzene rings is 1. The SMILES string of the molecule is CCCc1cc(Cl)cc2nc(OC)c(OC)nc12.CCO[P+](=O)OCC. The maximum Gasteiger partial charge on any atom is 0.697 e. The highest BCUT2D eigenvalue weighted by Gasteiger charge is 2.16. The standard InChI is InChI=1S/C13H15ClN2O2.C4H10O3P/c1-4-5-8-6-9(14)7-10-11(8)16-13(18-3)12(15-10)17-2;1-3-6-8(5)7-4-2/h6-7H,4-5H2,1-3H3;3-4H2,1-2H3/q;+1. The molecule has 1 aromatic heterocycles. The van der Waals surface area contributed by atoms with Gasteiger partial charge in [-0.25, -0.2) is 9.97 Å². The Morgan fingerprint density at radius 1 is 1.00 bits per heavy atom. The Kier molecular flexibility index (Phi) is 10.4. The highest BCUT2D eigenvalue weighted by Crippen LogP contribution is 2.29. The van der Waals surface area contributed by atoms with Crippen molar-refractivity contribution in [1.82, 2.24) is 9.97 Å². The van der Waals surface area contributed by atoms with Crippen molar-refractivity contribution in [3.63, 3.8) is 0 Å². The van der Waals surface area contributed by atoms with Gasteiger partial charge in [-0.2, -0.15) is 0 Å². The summed E-state index contributed by atoms with van der Waals surface area (Å²) in [5, 5.41) is 0.660. The van der Waals surface area contributed by atoms with Crippen molar-refractivity contribution in [3.05, 3.63) is 22.7 Å². The first-order valence-corrected chi connectivity index (χ1v) is 9.79. The molecule has 0 amide bonds. The summed E-state index contributed by atoms with van der Waals surface area (Å²) in [5.74, 6) is 0.763. The molecule has 144 valence electrons. The van der Waals surface area contributed by atoms with E-state index in [9.17, 15) is 4.57 Å². The minimum Gasteiger partial charge on any atom is -0.477 e. The molecule has 0 unspecified atom stereocenters. The van der Waals surface area contributed by atoms with Crippen LogP contribution in [0.4, 0.5) is 0 Å². The third kappa shape index (κ3) is 6.65. The quantitative estimate of drug-likeness (QED) is 0.575. The Bertz CT molecular complexity index is 722. The topological polar surface area (TPSA) is 79.8 Å². The van der Waals surface area contributed by atoms with Crippen molar-refractivity contribution in [3.8, 4) is 11.8 Å². The first-order chi connectivity index (χ1) is 12.5. The molecule has 0 atom stereocenters. The highest BCUT2D eigenvalue weighted by atomic mass is 35.5. The van der Waals surface area contributed by atoms with Crippen LogP contribution in [-0.2, 0) is 20.0 Å². The number of aryl methyl sites for hydroxylation is 1. The molecule has 2 rings (SSSR count). The molecule has 0 aliphatic rings. The fraction of sp³-hybridized carbons (Fsp3) is 0.529. The van der Waals surface area contributed by atoms with Crippen molar-refractivity contribution in [2.45, 2.75) is 33.6 Å². The summed E-state index contributed by atoms with van der Waals surface area (Å²) in [6, 6.07) is 3.71. The van der Waals surface area contributed by atoms with Crippen LogP contribution in [0.15, 0.2) is 12.1 Å². The molecule has 0 saturated heterocycles. The lowest BCUT2D eigenvalue weighted by atomic mass is 10.1. The van der Waals surface area contributed by atoms with Gasteiger partial charge < -0.3 is 9.47 Å². The molecular weight excluding hydrogens is 379 g/mol. The Hall–Kier alpha value is -1.53. The maximum absolute atomic E-state index is 10.3. The molecule has 0 aliphatic heterocycles. The lowest BCUT2D eigenvalue weighted by molar-refractivity contribution is 0.243. The summed E-state index contributed by atoms with van der Waals surface area (Å²) in [6.45, 7) is 6.53. The molecule has 2 aromatic rings. The largest absolute Gasteiger partial charge is 0.697 e. The van der Waals surface area contributed by atoms with Crippen LogP contribution >= 0.6 is 19.9 Å².